The highest BCUT2D eigenvalue weighted by Gasteiger charge is 2.13. The van der Waals surface area contributed by atoms with Gasteiger partial charge in [0.2, 0.25) is 5.82 Å². The third kappa shape index (κ3) is 1.91. The SMILES string of the molecule is [N-]=[N+]=Nc1ccc([18F])c([N+](=O)[O-])c1. The van der Waals surface area contributed by atoms with Crippen LogP contribution in [0.3, 0.4) is 0 Å². The van der Waals surface area contributed by atoms with E-state index >= 15 is 0 Å². The first-order chi connectivity index (χ1) is 6.15. The molecule has 0 saturated heterocycles. The van der Waals surface area contributed by atoms with Crippen LogP contribution < -0.4 is 0 Å². The summed E-state index contributed by atoms with van der Waals surface area (Å²) in [4.78, 5) is 11.7. The molecule has 0 aliphatic carbocycles. The maximum atomic E-state index is 12.7. The van der Waals surface area contributed by atoms with E-state index in [9.17, 15) is 14.5 Å². The van der Waals surface area contributed by atoms with Crippen LogP contribution in [0.5, 0.6) is 0 Å². The van der Waals surface area contributed by atoms with E-state index in [1.165, 1.54) is 0 Å². The van der Waals surface area contributed by atoms with Gasteiger partial charge >= 0.3 is 5.69 Å². The number of azide groups is 1. The van der Waals surface area contributed by atoms with Crippen LogP contribution in [0.4, 0.5) is 15.8 Å². The average molecular weight is 181 g/mol. The predicted molar refractivity (Wildman–Crippen MR) is 41.9 cm³/mol. The van der Waals surface area contributed by atoms with Gasteiger partial charge in [-0.05, 0) is 17.7 Å². The molecule has 0 saturated carbocycles. The van der Waals surface area contributed by atoms with Gasteiger partial charge in [0.25, 0.3) is 0 Å². The minimum atomic E-state index is -0.957. The zero-order chi connectivity index (χ0) is 9.84. The van der Waals surface area contributed by atoms with Crippen molar-refractivity contribution in [3.05, 3.63) is 44.6 Å². The third-order valence-corrected chi connectivity index (χ3v) is 1.29. The van der Waals surface area contributed by atoms with Gasteiger partial charge in [-0.25, -0.2) is 0 Å². The summed E-state index contributed by atoms with van der Waals surface area (Å²) in [7, 11) is 0. The fraction of sp³-hybridized carbons (Fsp3) is 0. The summed E-state index contributed by atoms with van der Waals surface area (Å²) in [6, 6.07) is 2.90. The van der Waals surface area contributed by atoms with Gasteiger partial charge in [0.1, 0.15) is 0 Å². The molecule has 13 heavy (non-hydrogen) atoms. The second kappa shape index (κ2) is 3.51. The Bertz CT molecular complexity index is 400. The number of rotatable bonds is 2. The summed E-state index contributed by atoms with van der Waals surface area (Å²) in [5, 5.41) is 13.3. The van der Waals surface area contributed by atoms with Crippen molar-refractivity contribution in [2.75, 3.05) is 0 Å². The van der Waals surface area contributed by atoms with Crippen LogP contribution in [-0.4, -0.2) is 4.92 Å². The Hall–Kier alpha value is -2.14. The van der Waals surface area contributed by atoms with Crippen molar-refractivity contribution in [1.82, 2.24) is 0 Å². The molecule has 0 bridgehead atoms. The number of hydrogen-bond acceptors (Lipinski definition) is 3. The number of nitro groups is 1. The first-order valence-electron chi connectivity index (χ1n) is 3.14. The zero-order valence-electron chi connectivity index (χ0n) is 6.22. The number of nitro benzene ring substituents is 1. The summed E-state index contributed by atoms with van der Waals surface area (Å²) >= 11 is 0. The molecule has 0 unspecified atom stereocenters. The summed E-state index contributed by atoms with van der Waals surface area (Å²) in [6.45, 7) is 0. The van der Waals surface area contributed by atoms with E-state index < -0.39 is 16.4 Å². The molecule has 0 heterocycles. The molecule has 0 N–H and O–H groups in total. The van der Waals surface area contributed by atoms with Crippen LogP contribution in [-0.2, 0) is 0 Å². The number of hydrogen-bond donors (Lipinski definition) is 0. The number of halogens is 1. The van der Waals surface area contributed by atoms with Crippen molar-refractivity contribution in [3.63, 3.8) is 0 Å². The predicted octanol–water partition coefficient (Wildman–Crippen LogP) is 2.68. The maximum Gasteiger partial charge on any atom is 0.305 e. The summed E-state index contributed by atoms with van der Waals surface area (Å²) in [5.41, 5.74) is 7.32. The Kier molecular flexibility index (Phi) is 2.41. The maximum absolute atomic E-state index is 12.7. The molecular formula is C6H3FN4O2. The van der Waals surface area contributed by atoms with E-state index in [2.05, 4.69) is 10.0 Å². The van der Waals surface area contributed by atoms with E-state index in [-0.39, 0.29) is 5.69 Å². The van der Waals surface area contributed by atoms with Crippen molar-refractivity contribution in [3.8, 4) is 0 Å². The van der Waals surface area contributed by atoms with Gasteiger partial charge < -0.3 is 0 Å². The van der Waals surface area contributed by atoms with Gasteiger partial charge in [-0.1, -0.05) is 5.11 Å². The van der Waals surface area contributed by atoms with Crippen LogP contribution in [0, 0.1) is 15.9 Å². The second-order valence-corrected chi connectivity index (χ2v) is 2.08. The smallest absolute Gasteiger partial charge is 0.258 e. The zero-order valence-corrected chi connectivity index (χ0v) is 6.22. The van der Waals surface area contributed by atoms with Gasteiger partial charge in [-0.3, -0.25) is 10.1 Å². The molecule has 0 amide bonds. The minimum Gasteiger partial charge on any atom is -0.258 e. The lowest BCUT2D eigenvalue weighted by molar-refractivity contribution is -0.387. The molecule has 0 atom stereocenters. The van der Waals surface area contributed by atoms with Gasteiger partial charge in [0, 0.05) is 16.7 Å². The molecule has 0 aromatic heterocycles. The highest BCUT2D eigenvalue weighted by molar-refractivity contribution is 5.47. The van der Waals surface area contributed by atoms with Crippen LogP contribution in [0.25, 0.3) is 10.4 Å². The van der Waals surface area contributed by atoms with Gasteiger partial charge in [-0.15, -0.1) is 0 Å². The highest BCUT2D eigenvalue weighted by atomic mass is 18.2. The first-order valence-corrected chi connectivity index (χ1v) is 3.14. The fourth-order valence-corrected chi connectivity index (χ4v) is 0.755. The quantitative estimate of drug-likeness (QED) is 0.230. The molecule has 1 rings (SSSR count). The van der Waals surface area contributed by atoms with E-state index in [0.29, 0.717) is 0 Å². The van der Waals surface area contributed by atoms with Crippen LogP contribution in [0.1, 0.15) is 0 Å². The van der Waals surface area contributed by atoms with Crippen molar-refractivity contribution in [2.24, 2.45) is 5.11 Å². The van der Waals surface area contributed by atoms with E-state index in [1.807, 2.05) is 0 Å². The first kappa shape index (κ1) is 8.95. The standard InChI is InChI=1S/C6H3FN4O2/c7-5-2-1-4(9-10-8)3-6(5)11(12)13/h1-3H/i7-1. The molecule has 0 aliphatic rings. The molecule has 7 heteroatoms. The molecule has 6 nitrogen and oxygen atoms in total. The van der Waals surface area contributed by atoms with Gasteiger partial charge in [0.15, 0.2) is 0 Å². The Morgan fingerprint density at radius 3 is 2.85 bits per heavy atom. The average Bonchev–Trinajstić information content (AvgIpc) is 2.08. The number of benzene rings is 1. The largest absolute Gasteiger partial charge is 0.305 e. The van der Waals surface area contributed by atoms with Gasteiger partial charge in [-0.2, -0.15) is 4.39 Å². The molecule has 1 aromatic rings. The minimum absolute atomic E-state index is 0.00981. The van der Waals surface area contributed by atoms with Crippen molar-refractivity contribution in [1.29, 1.82) is 0 Å². The Morgan fingerprint density at radius 2 is 2.31 bits per heavy atom. The van der Waals surface area contributed by atoms with Crippen LogP contribution in [0.2, 0.25) is 0 Å². The Balaban J connectivity index is 3.26. The Morgan fingerprint density at radius 1 is 1.62 bits per heavy atom. The van der Waals surface area contributed by atoms with Crippen molar-refractivity contribution in [2.45, 2.75) is 0 Å². The van der Waals surface area contributed by atoms with E-state index in [1.54, 1.807) is 0 Å². The highest BCUT2D eigenvalue weighted by Crippen LogP contribution is 2.23. The summed E-state index contributed by atoms with van der Waals surface area (Å²) in [6.07, 6.45) is 0. The molecule has 0 radical (unpaired) electrons. The lowest BCUT2D eigenvalue weighted by atomic mass is 10.3. The van der Waals surface area contributed by atoms with Crippen LogP contribution in [0.15, 0.2) is 23.3 Å². The fourth-order valence-electron chi connectivity index (χ4n) is 0.755. The van der Waals surface area contributed by atoms with Crippen molar-refractivity contribution < 1.29 is 9.31 Å². The van der Waals surface area contributed by atoms with E-state index in [0.717, 1.165) is 18.2 Å². The van der Waals surface area contributed by atoms with Crippen molar-refractivity contribution >= 4 is 11.4 Å². The summed E-state index contributed by atoms with van der Waals surface area (Å²) < 4.78 is 12.7. The molecule has 0 spiro atoms. The number of nitrogens with zero attached hydrogens (tertiary/aromatic N) is 4. The molecule has 66 valence electrons. The lowest BCUT2D eigenvalue weighted by Crippen LogP contribution is -1.90. The molecule has 0 fully saturated rings. The van der Waals surface area contributed by atoms with E-state index in [4.69, 9.17) is 5.53 Å². The Labute approximate surface area is 71.4 Å². The lowest BCUT2D eigenvalue weighted by Gasteiger charge is -1.93. The normalized spacial score (nSPS) is 9.00. The van der Waals surface area contributed by atoms with Gasteiger partial charge in [0.05, 0.1) is 4.92 Å². The third-order valence-electron chi connectivity index (χ3n) is 1.29. The topological polar surface area (TPSA) is 91.9 Å². The molecule has 0 aliphatic heterocycles. The second-order valence-electron chi connectivity index (χ2n) is 2.08. The monoisotopic (exact) mass is 181 g/mol. The molecular weight excluding hydrogens is 178 g/mol. The summed E-state index contributed by atoms with van der Waals surface area (Å²) in [5.74, 6) is -0.957. The van der Waals surface area contributed by atoms with Crippen LogP contribution >= 0.6 is 0 Å². The molecule has 1 aromatic carbocycles.